The molecule has 3 aromatic heterocycles. The molecule has 0 saturated carbocycles. The number of allylic oxidation sites excluding steroid dienone is 4. The number of H-pyrrole nitrogens is 2. The van der Waals surface area contributed by atoms with E-state index in [-0.39, 0.29) is 11.5 Å². The molecule has 0 fully saturated rings. The molecule has 5 heterocycles. The van der Waals surface area contributed by atoms with Crippen molar-refractivity contribution in [1.82, 2.24) is 19.9 Å². The predicted molar refractivity (Wildman–Crippen MR) is 209 cm³/mol. The highest BCUT2D eigenvalue weighted by Crippen LogP contribution is 2.43. The van der Waals surface area contributed by atoms with Crippen molar-refractivity contribution in [2.75, 3.05) is 0 Å². The second-order valence-electron chi connectivity index (χ2n) is 13.5. The molecule has 0 amide bonds. The second-order valence-corrected chi connectivity index (χ2v) is 13.5. The van der Waals surface area contributed by atoms with E-state index in [1.807, 2.05) is 24.3 Å². The van der Waals surface area contributed by atoms with Crippen molar-refractivity contribution in [1.29, 1.82) is 0 Å². The summed E-state index contributed by atoms with van der Waals surface area (Å²) in [5.41, 5.74) is 21.6. The van der Waals surface area contributed by atoms with E-state index in [4.69, 9.17) is 9.97 Å². The van der Waals surface area contributed by atoms with Crippen molar-refractivity contribution in [2.45, 2.75) is 81.1 Å². The Kier molecular flexibility index (Phi) is 8.51. The number of hydrogen-bond acceptors (Lipinski definition) is 4. The number of aromatic amines is 2. The van der Waals surface area contributed by atoms with Crippen molar-refractivity contribution >= 4 is 44.4 Å². The Morgan fingerprint density at radius 1 is 0.520 bits per heavy atom. The zero-order chi connectivity index (χ0) is 35.4. The Morgan fingerprint density at radius 2 is 0.880 bits per heavy atom. The minimum absolute atomic E-state index is 0.235. The smallest absolute Gasteiger partial charge is 0.115 e. The van der Waals surface area contributed by atoms with Crippen LogP contribution in [0, 0.1) is 13.8 Å². The van der Waals surface area contributed by atoms with Gasteiger partial charge in [-0.1, -0.05) is 52.0 Å². The summed E-state index contributed by atoms with van der Waals surface area (Å²) in [6.07, 6.45) is 3.39. The predicted octanol–water partition coefficient (Wildman–Crippen LogP) is 11.5. The molecule has 2 aromatic carbocycles. The fourth-order valence-electron chi connectivity index (χ4n) is 8.13. The van der Waals surface area contributed by atoms with Crippen LogP contribution >= 0.6 is 0 Å². The minimum atomic E-state index is 0.235. The normalized spacial score (nSPS) is 13.1. The molecule has 5 aromatic rings. The monoisotopic (exact) mass is 662 g/mol. The standard InChI is InChI=1S/C44H46N4O2/c1-9-31-23(5)41-39(27-13-17-29(49)18-14-27)42-25(7)33(11-3)37(47-42)22-38-34(12-4)26(8)44(48-38)40(28-15-19-30(50)20-16-28)43-24(6)32(10-2)36(46-43)21-35(31)45-41/h13-22,45,48-50H,9-12H2,1-8H3. The fraction of sp³-hybridized carbons (Fsp3) is 0.273. The molecular weight excluding hydrogens is 617 g/mol. The Labute approximate surface area is 294 Å². The number of aryl methyl sites for hydroxylation is 4. The molecule has 7 rings (SSSR count). The molecule has 0 spiro atoms. The Balaban J connectivity index is 1.77. The average molecular weight is 663 g/mol. The van der Waals surface area contributed by atoms with Crippen LogP contribution in [0.3, 0.4) is 0 Å². The van der Waals surface area contributed by atoms with Gasteiger partial charge in [0.25, 0.3) is 0 Å². The first-order valence-electron chi connectivity index (χ1n) is 17.9. The molecule has 2 aliphatic heterocycles. The summed E-state index contributed by atoms with van der Waals surface area (Å²) in [4.78, 5) is 18.6. The van der Waals surface area contributed by atoms with Crippen molar-refractivity contribution in [3.8, 4) is 33.8 Å². The number of hydrogen-bond donors (Lipinski definition) is 4. The highest BCUT2D eigenvalue weighted by atomic mass is 16.3. The molecule has 0 aliphatic carbocycles. The minimum Gasteiger partial charge on any atom is -0.508 e. The van der Waals surface area contributed by atoms with Crippen molar-refractivity contribution in [2.24, 2.45) is 0 Å². The van der Waals surface area contributed by atoms with E-state index in [9.17, 15) is 10.2 Å². The molecule has 2 aliphatic rings. The van der Waals surface area contributed by atoms with Gasteiger partial charge in [-0.2, -0.15) is 0 Å². The third kappa shape index (κ3) is 5.25. The van der Waals surface area contributed by atoms with E-state index >= 15 is 0 Å². The van der Waals surface area contributed by atoms with Gasteiger partial charge in [0.2, 0.25) is 0 Å². The number of phenolic OH excluding ortho intramolecular Hbond substituents is 2. The van der Waals surface area contributed by atoms with Crippen LogP contribution in [0.25, 0.3) is 66.6 Å². The maximum atomic E-state index is 10.3. The summed E-state index contributed by atoms with van der Waals surface area (Å²) in [5, 5.41) is 20.5. The molecule has 50 heavy (non-hydrogen) atoms. The highest BCUT2D eigenvalue weighted by Gasteiger charge is 2.25. The summed E-state index contributed by atoms with van der Waals surface area (Å²) in [7, 11) is 0. The molecule has 0 radical (unpaired) electrons. The molecule has 0 atom stereocenters. The van der Waals surface area contributed by atoms with Crippen molar-refractivity contribution < 1.29 is 10.2 Å². The molecule has 0 saturated heterocycles. The Bertz CT molecular complexity index is 2230. The largest absolute Gasteiger partial charge is 0.508 e. The summed E-state index contributed by atoms with van der Waals surface area (Å²) < 4.78 is 0. The zero-order valence-corrected chi connectivity index (χ0v) is 30.4. The summed E-state index contributed by atoms with van der Waals surface area (Å²) in [6, 6.07) is 19.4. The molecular formula is C44H46N4O2. The first kappa shape index (κ1) is 33.2. The van der Waals surface area contributed by atoms with Crippen LogP contribution in [-0.4, -0.2) is 30.1 Å². The summed E-state index contributed by atoms with van der Waals surface area (Å²) in [5.74, 6) is 0.470. The lowest BCUT2D eigenvalue weighted by atomic mass is 9.95. The van der Waals surface area contributed by atoms with Crippen molar-refractivity contribution in [3.63, 3.8) is 0 Å². The van der Waals surface area contributed by atoms with Gasteiger partial charge in [0.15, 0.2) is 0 Å². The maximum absolute atomic E-state index is 10.3. The zero-order valence-electron chi connectivity index (χ0n) is 30.4. The van der Waals surface area contributed by atoms with E-state index in [2.05, 4.69) is 77.5 Å². The number of nitrogens with one attached hydrogen (secondary N) is 2. The van der Waals surface area contributed by atoms with Crippen LogP contribution in [0.15, 0.2) is 60.7 Å². The molecule has 0 unspecified atom stereocenters. The third-order valence-corrected chi connectivity index (χ3v) is 10.8. The number of aromatic hydroxyl groups is 2. The van der Waals surface area contributed by atoms with Crippen LogP contribution < -0.4 is 0 Å². The van der Waals surface area contributed by atoms with Crippen LogP contribution in [-0.2, 0) is 12.8 Å². The Morgan fingerprint density at radius 3 is 1.20 bits per heavy atom. The lowest BCUT2D eigenvalue weighted by molar-refractivity contribution is 0.475. The van der Waals surface area contributed by atoms with E-state index in [1.54, 1.807) is 24.3 Å². The van der Waals surface area contributed by atoms with Gasteiger partial charge in [0.05, 0.1) is 33.8 Å². The number of nitrogens with zero attached hydrogens (tertiary/aromatic N) is 2. The highest BCUT2D eigenvalue weighted by molar-refractivity contribution is 6.03. The second kappa shape index (κ2) is 12.8. The van der Waals surface area contributed by atoms with E-state index in [0.717, 1.165) is 104 Å². The molecule has 4 N–H and O–H groups in total. The molecule has 6 nitrogen and oxygen atoms in total. The van der Waals surface area contributed by atoms with Crippen LogP contribution in [0.1, 0.15) is 99.4 Å². The van der Waals surface area contributed by atoms with Gasteiger partial charge in [-0.25, -0.2) is 9.97 Å². The number of fused-ring (bicyclic) bond motifs is 8. The van der Waals surface area contributed by atoms with E-state index < -0.39 is 0 Å². The van der Waals surface area contributed by atoms with Crippen molar-refractivity contribution in [3.05, 3.63) is 106 Å². The van der Waals surface area contributed by atoms with Crippen LogP contribution in [0.4, 0.5) is 0 Å². The Hall–Kier alpha value is -5.36. The number of rotatable bonds is 6. The first-order chi connectivity index (χ1) is 24.1. The lowest BCUT2D eigenvalue weighted by Crippen LogP contribution is -1.89. The fourth-order valence-corrected chi connectivity index (χ4v) is 8.13. The van der Waals surface area contributed by atoms with E-state index in [1.165, 1.54) is 33.4 Å². The average Bonchev–Trinajstić information content (AvgIpc) is 3.79. The van der Waals surface area contributed by atoms with Gasteiger partial charge in [-0.3, -0.25) is 0 Å². The van der Waals surface area contributed by atoms with E-state index in [0.29, 0.717) is 0 Å². The van der Waals surface area contributed by atoms with Gasteiger partial charge in [-0.15, -0.1) is 0 Å². The molecule has 254 valence electrons. The van der Waals surface area contributed by atoms with Gasteiger partial charge in [0, 0.05) is 22.2 Å². The van der Waals surface area contributed by atoms with Gasteiger partial charge >= 0.3 is 0 Å². The number of phenols is 2. The topological polar surface area (TPSA) is 97.8 Å². The number of benzene rings is 2. The van der Waals surface area contributed by atoms with Gasteiger partial charge < -0.3 is 20.2 Å². The van der Waals surface area contributed by atoms with Gasteiger partial charge in [0.1, 0.15) is 11.5 Å². The van der Waals surface area contributed by atoms with Crippen LogP contribution in [0.2, 0.25) is 0 Å². The summed E-state index contributed by atoms with van der Waals surface area (Å²) in [6.45, 7) is 17.6. The molecule has 6 heteroatoms. The number of aromatic nitrogens is 4. The van der Waals surface area contributed by atoms with Crippen LogP contribution in [0.5, 0.6) is 11.5 Å². The maximum Gasteiger partial charge on any atom is 0.115 e. The molecule has 8 bridgehead atoms. The van der Waals surface area contributed by atoms with Gasteiger partial charge in [-0.05, 0) is 145 Å². The third-order valence-electron chi connectivity index (χ3n) is 10.8. The summed E-state index contributed by atoms with van der Waals surface area (Å²) >= 11 is 0. The lowest BCUT2D eigenvalue weighted by Gasteiger charge is -2.08. The first-order valence-corrected chi connectivity index (χ1v) is 17.9. The quantitative estimate of drug-likeness (QED) is 0.145. The SMILES string of the molecule is CCC1=C(C)c2nc1cc1[nH]c(c(C)c1CC)c(-c1ccc(O)cc1)c1nc(cc3[nH]c(c(C)c3CC)c2-c2ccc(O)cc2)C(CC)=C1C.